The minimum atomic E-state index is 0.00700. The Morgan fingerprint density at radius 2 is 2.10 bits per heavy atom. The molecule has 0 aliphatic heterocycles. The van der Waals surface area contributed by atoms with Gasteiger partial charge in [-0.15, -0.1) is 0 Å². The van der Waals surface area contributed by atoms with E-state index in [9.17, 15) is 4.79 Å². The lowest BCUT2D eigenvalue weighted by molar-refractivity contribution is -0.118. The number of ether oxygens (including phenoxy) is 1. The molecule has 118 valence electrons. The molecule has 0 spiro atoms. The molecule has 21 heavy (non-hydrogen) atoms. The molecule has 0 atom stereocenters. The fourth-order valence-corrected chi connectivity index (χ4v) is 2.06. The summed E-state index contributed by atoms with van der Waals surface area (Å²) in [6, 6.07) is 8.10. The molecule has 0 unspecified atom stereocenters. The highest BCUT2D eigenvalue weighted by Crippen LogP contribution is 2.20. The molecule has 1 aromatic carbocycles. The lowest BCUT2D eigenvalue weighted by Crippen LogP contribution is -2.31. The molecule has 0 radical (unpaired) electrons. The molecule has 1 aromatic rings. The predicted molar refractivity (Wildman–Crippen MR) is 88.0 cm³/mol. The Morgan fingerprint density at radius 3 is 2.81 bits per heavy atom. The summed E-state index contributed by atoms with van der Waals surface area (Å²) < 4.78 is 5.79. The van der Waals surface area contributed by atoms with Crippen LogP contribution in [0.1, 0.15) is 39.5 Å². The van der Waals surface area contributed by atoms with Crippen LogP contribution in [0.3, 0.4) is 0 Å². The van der Waals surface area contributed by atoms with Gasteiger partial charge in [-0.1, -0.05) is 32.3 Å². The fourth-order valence-electron chi connectivity index (χ4n) is 2.06. The number of hydrogen-bond donors (Lipinski definition) is 1. The molecule has 4 heteroatoms. The molecule has 1 N–H and O–H groups in total. The van der Waals surface area contributed by atoms with Crippen LogP contribution in [0.5, 0.6) is 5.75 Å². The summed E-state index contributed by atoms with van der Waals surface area (Å²) in [5.74, 6) is 0.919. The van der Waals surface area contributed by atoms with E-state index in [4.69, 9.17) is 4.74 Å². The number of carbonyl (C=O) groups is 1. The van der Waals surface area contributed by atoms with Crippen LogP contribution in [0, 0.1) is 0 Å². The first-order chi connectivity index (χ1) is 10.1. The maximum atomic E-state index is 10.9. The number of benzene rings is 1. The van der Waals surface area contributed by atoms with Gasteiger partial charge in [-0.3, -0.25) is 4.79 Å². The molecule has 1 amide bonds. The van der Waals surface area contributed by atoms with Crippen LogP contribution in [-0.4, -0.2) is 32.7 Å². The number of nitrogens with zero attached hydrogens (tertiary/aromatic N) is 1. The topological polar surface area (TPSA) is 41.6 Å². The van der Waals surface area contributed by atoms with E-state index in [-0.39, 0.29) is 5.91 Å². The van der Waals surface area contributed by atoms with Crippen LogP contribution in [0.25, 0.3) is 0 Å². The van der Waals surface area contributed by atoms with Gasteiger partial charge in [-0.25, -0.2) is 0 Å². The summed E-state index contributed by atoms with van der Waals surface area (Å²) >= 11 is 0. The Bertz CT molecular complexity index is 421. The minimum absolute atomic E-state index is 0.00700. The van der Waals surface area contributed by atoms with E-state index >= 15 is 0 Å². The number of amides is 1. The largest absolute Gasteiger partial charge is 0.494 e. The quantitative estimate of drug-likeness (QED) is 0.673. The number of nitrogens with one attached hydrogen (secondary N) is 1. The first-order valence-electron chi connectivity index (χ1n) is 7.82. The first kappa shape index (κ1) is 17.3. The van der Waals surface area contributed by atoms with Gasteiger partial charge in [0.1, 0.15) is 5.75 Å². The average Bonchev–Trinajstić information content (AvgIpc) is 2.47. The van der Waals surface area contributed by atoms with E-state index in [1.54, 1.807) is 0 Å². The van der Waals surface area contributed by atoms with Gasteiger partial charge in [0, 0.05) is 38.8 Å². The Labute approximate surface area is 128 Å². The van der Waals surface area contributed by atoms with Crippen LogP contribution in [0.15, 0.2) is 24.3 Å². The van der Waals surface area contributed by atoms with Crippen LogP contribution in [-0.2, 0) is 4.79 Å². The molecule has 0 heterocycles. The zero-order chi connectivity index (χ0) is 15.5. The SMILES string of the molecule is CCCCCCOc1cccc(N(C)CCNC(C)=O)c1. The molecule has 4 nitrogen and oxygen atoms in total. The number of rotatable bonds is 10. The minimum Gasteiger partial charge on any atom is -0.494 e. The van der Waals surface area contributed by atoms with Gasteiger partial charge in [0.15, 0.2) is 0 Å². The second-order valence-electron chi connectivity index (χ2n) is 5.31. The van der Waals surface area contributed by atoms with Crippen LogP contribution < -0.4 is 15.0 Å². The summed E-state index contributed by atoms with van der Waals surface area (Å²) in [7, 11) is 2.02. The van der Waals surface area contributed by atoms with Crippen molar-refractivity contribution in [2.24, 2.45) is 0 Å². The maximum absolute atomic E-state index is 10.9. The summed E-state index contributed by atoms with van der Waals surface area (Å²) in [6.07, 6.45) is 4.85. The third kappa shape index (κ3) is 7.59. The van der Waals surface area contributed by atoms with Crippen molar-refractivity contribution in [2.75, 3.05) is 31.6 Å². The Balaban J connectivity index is 2.38. The van der Waals surface area contributed by atoms with Crippen molar-refractivity contribution in [3.8, 4) is 5.75 Å². The van der Waals surface area contributed by atoms with E-state index in [1.807, 2.05) is 25.2 Å². The molecule has 0 aliphatic carbocycles. The van der Waals surface area contributed by atoms with Crippen LogP contribution >= 0.6 is 0 Å². The maximum Gasteiger partial charge on any atom is 0.216 e. The van der Waals surface area contributed by atoms with Gasteiger partial charge < -0.3 is 15.0 Å². The van der Waals surface area contributed by atoms with E-state index in [1.165, 1.54) is 26.2 Å². The number of hydrogen-bond acceptors (Lipinski definition) is 3. The summed E-state index contributed by atoms with van der Waals surface area (Å²) in [5.41, 5.74) is 1.10. The van der Waals surface area contributed by atoms with Crippen molar-refractivity contribution in [1.82, 2.24) is 5.32 Å². The van der Waals surface area contributed by atoms with E-state index < -0.39 is 0 Å². The molecular weight excluding hydrogens is 264 g/mol. The van der Waals surface area contributed by atoms with Crippen molar-refractivity contribution in [3.05, 3.63) is 24.3 Å². The molecule has 0 fully saturated rings. The van der Waals surface area contributed by atoms with Gasteiger partial charge in [0.05, 0.1) is 6.61 Å². The zero-order valence-electron chi connectivity index (χ0n) is 13.5. The van der Waals surface area contributed by atoms with Crippen LogP contribution in [0.2, 0.25) is 0 Å². The molecule has 0 aromatic heterocycles. The van der Waals surface area contributed by atoms with Crippen molar-refractivity contribution < 1.29 is 9.53 Å². The van der Waals surface area contributed by atoms with E-state index in [0.717, 1.165) is 31.0 Å². The smallest absolute Gasteiger partial charge is 0.216 e. The monoisotopic (exact) mass is 292 g/mol. The number of likely N-dealkylation sites (N-methyl/N-ethyl adjacent to an activating group) is 1. The van der Waals surface area contributed by atoms with Crippen molar-refractivity contribution in [2.45, 2.75) is 39.5 Å². The second-order valence-corrected chi connectivity index (χ2v) is 5.31. The normalized spacial score (nSPS) is 10.2. The molecular formula is C17H28N2O2. The third-order valence-corrected chi connectivity index (χ3v) is 3.35. The lowest BCUT2D eigenvalue weighted by Gasteiger charge is -2.20. The molecule has 0 saturated carbocycles. The average molecular weight is 292 g/mol. The zero-order valence-corrected chi connectivity index (χ0v) is 13.5. The van der Waals surface area contributed by atoms with Crippen molar-refractivity contribution >= 4 is 11.6 Å². The van der Waals surface area contributed by atoms with E-state index in [2.05, 4.69) is 23.2 Å². The van der Waals surface area contributed by atoms with Gasteiger partial charge in [-0.05, 0) is 18.6 Å². The predicted octanol–water partition coefficient (Wildman–Crippen LogP) is 3.22. The van der Waals surface area contributed by atoms with Crippen molar-refractivity contribution in [1.29, 1.82) is 0 Å². The lowest BCUT2D eigenvalue weighted by atomic mass is 10.2. The molecule has 1 rings (SSSR count). The van der Waals surface area contributed by atoms with Crippen LogP contribution in [0.4, 0.5) is 5.69 Å². The second kappa shape index (κ2) is 10.1. The highest BCUT2D eigenvalue weighted by molar-refractivity contribution is 5.72. The summed E-state index contributed by atoms with van der Waals surface area (Å²) in [6.45, 7) is 5.95. The van der Waals surface area contributed by atoms with Gasteiger partial charge in [0.2, 0.25) is 5.91 Å². The summed E-state index contributed by atoms with van der Waals surface area (Å²) in [4.78, 5) is 13.0. The molecule has 0 aliphatic rings. The van der Waals surface area contributed by atoms with Gasteiger partial charge in [0.25, 0.3) is 0 Å². The fraction of sp³-hybridized carbons (Fsp3) is 0.588. The standard InChI is InChI=1S/C17H28N2O2/c1-4-5-6-7-13-21-17-10-8-9-16(14-17)19(3)12-11-18-15(2)20/h8-10,14H,4-7,11-13H2,1-3H3,(H,18,20). The third-order valence-electron chi connectivity index (χ3n) is 3.35. The Hall–Kier alpha value is -1.71. The van der Waals surface area contributed by atoms with E-state index in [0.29, 0.717) is 6.54 Å². The van der Waals surface area contributed by atoms with Crippen molar-refractivity contribution in [3.63, 3.8) is 0 Å². The number of unbranched alkanes of at least 4 members (excludes halogenated alkanes) is 3. The number of carbonyl (C=O) groups excluding carboxylic acids is 1. The first-order valence-corrected chi connectivity index (χ1v) is 7.82. The Morgan fingerprint density at radius 1 is 1.29 bits per heavy atom. The number of anilines is 1. The molecule has 0 saturated heterocycles. The Kier molecular flexibility index (Phi) is 8.32. The highest BCUT2D eigenvalue weighted by atomic mass is 16.5. The van der Waals surface area contributed by atoms with Gasteiger partial charge in [-0.2, -0.15) is 0 Å². The highest BCUT2D eigenvalue weighted by Gasteiger charge is 2.03. The molecule has 0 bridgehead atoms. The van der Waals surface area contributed by atoms with Gasteiger partial charge >= 0.3 is 0 Å². The summed E-state index contributed by atoms with van der Waals surface area (Å²) in [5, 5.41) is 2.80.